The van der Waals surface area contributed by atoms with Crippen molar-refractivity contribution in [3.05, 3.63) is 39.3 Å². The Kier molecular flexibility index (Phi) is 4.81. The van der Waals surface area contributed by atoms with Crippen LogP contribution in [0.4, 0.5) is 11.4 Å². The lowest BCUT2D eigenvalue weighted by Gasteiger charge is -2.13. The molecule has 0 fully saturated rings. The minimum absolute atomic E-state index is 0.289. The van der Waals surface area contributed by atoms with Gasteiger partial charge in [0.05, 0.1) is 29.4 Å². The fourth-order valence-corrected chi connectivity index (χ4v) is 2.53. The summed E-state index contributed by atoms with van der Waals surface area (Å²) in [7, 11) is 0. The van der Waals surface area contributed by atoms with E-state index in [0.29, 0.717) is 28.5 Å². The zero-order valence-electron chi connectivity index (χ0n) is 10.9. The first-order chi connectivity index (χ1) is 9.61. The molecule has 0 saturated heterocycles. The van der Waals surface area contributed by atoms with Gasteiger partial charge in [0.15, 0.2) is 0 Å². The van der Waals surface area contributed by atoms with E-state index in [9.17, 15) is 4.79 Å². The molecule has 5 nitrogen and oxygen atoms in total. The summed E-state index contributed by atoms with van der Waals surface area (Å²) in [5.41, 5.74) is 6.97. The topological polar surface area (TPSA) is 77.2 Å². The molecular weight excluding hydrogens is 298 g/mol. The van der Waals surface area contributed by atoms with Crippen molar-refractivity contribution in [1.29, 1.82) is 0 Å². The normalized spacial score (nSPS) is 10.3. The predicted molar refractivity (Wildman–Crippen MR) is 81.3 cm³/mol. The minimum Gasteiger partial charge on any atom is -0.462 e. The molecule has 1 heterocycles. The standard InChI is InChI=1S/C13H14ClN3O2S/c1-2-19-13(18)9-5-8(15)6-10(14)12(9)17-7-11-16-3-4-20-11/h3-6,17H,2,7,15H2,1H3. The molecule has 0 saturated carbocycles. The van der Waals surface area contributed by atoms with Crippen molar-refractivity contribution in [2.45, 2.75) is 13.5 Å². The molecule has 2 rings (SSSR count). The number of esters is 1. The molecule has 106 valence electrons. The van der Waals surface area contributed by atoms with Crippen LogP contribution in [0, 0.1) is 0 Å². The van der Waals surface area contributed by atoms with Crippen molar-refractivity contribution >= 4 is 40.3 Å². The molecule has 0 amide bonds. The molecule has 1 aromatic heterocycles. The maximum atomic E-state index is 11.9. The maximum absolute atomic E-state index is 11.9. The Hall–Kier alpha value is -1.79. The number of carbonyl (C=O) groups is 1. The molecule has 0 spiro atoms. The summed E-state index contributed by atoms with van der Waals surface area (Å²) < 4.78 is 5.01. The number of thiazole rings is 1. The maximum Gasteiger partial charge on any atom is 0.340 e. The zero-order chi connectivity index (χ0) is 14.5. The first-order valence-electron chi connectivity index (χ1n) is 6.00. The average Bonchev–Trinajstić information content (AvgIpc) is 2.90. The number of nitrogens with one attached hydrogen (secondary N) is 1. The van der Waals surface area contributed by atoms with Crippen LogP contribution in [0.25, 0.3) is 0 Å². The second-order valence-electron chi connectivity index (χ2n) is 3.93. The number of nitrogens with two attached hydrogens (primary N) is 1. The molecule has 0 unspecified atom stereocenters. The molecule has 0 radical (unpaired) electrons. The highest BCUT2D eigenvalue weighted by molar-refractivity contribution is 7.09. The van der Waals surface area contributed by atoms with E-state index in [1.807, 2.05) is 5.38 Å². The smallest absolute Gasteiger partial charge is 0.340 e. The van der Waals surface area contributed by atoms with E-state index >= 15 is 0 Å². The second kappa shape index (κ2) is 6.58. The highest BCUT2D eigenvalue weighted by Gasteiger charge is 2.16. The van der Waals surface area contributed by atoms with Crippen molar-refractivity contribution < 1.29 is 9.53 Å². The van der Waals surface area contributed by atoms with Crippen LogP contribution in [0.15, 0.2) is 23.7 Å². The number of anilines is 2. The number of rotatable bonds is 5. The Morgan fingerprint density at radius 2 is 2.35 bits per heavy atom. The van der Waals surface area contributed by atoms with E-state index in [2.05, 4.69) is 10.3 Å². The molecule has 20 heavy (non-hydrogen) atoms. The average molecular weight is 312 g/mol. The van der Waals surface area contributed by atoms with E-state index in [1.165, 1.54) is 11.3 Å². The minimum atomic E-state index is -0.455. The van der Waals surface area contributed by atoms with E-state index in [0.717, 1.165) is 5.01 Å². The monoisotopic (exact) mass is 311 g/mol. The SMILES string of the molecule is CCOC(=O)c1cc(N)cc(Cl)c1NCc1nccs1. The van der Waals surface area contributed by atoms with E-state index in [4.69, 9.17) is 22.1 Å². The Balaban J connectivity index is 2.27. The lowest BCUT2D eigenvalue weighted by Crippen LogP contribution is -2.11. The number of ether oxygens (including phenoxy) is 1. The van der Waals surface area contributed by atoms with Crippen LogP contribution in [-0.4, -0.2) is 17.6 Å². The molecule has 0 bridgehead atoms. The summed E-state index contributed by atoms with van der Waals surface area (Å²) in [5.74, 6) is -0.455. The number of hydrogen-bond acceptors (Lipinski definition) is 6. The van der Waals surface area contributed by atoms with Crippen molar-refractivity contribution in [1.82, 2.24) is 4.98 Å². The van der Waals surface area contributed by atoms with Crippen LogP contribution in [0.3, 0.4) is 0 Å². The molecular formula is C13H14ClN3O2S. The van der Waals surface area contributed by atoms with Gasteiger partial charge in [0.1, 0.15) is 5.01 Å². The molecule has 0 aliphatic rings. The predicted octanol–water partition coefficient (Wildman–Crippen LogP) is 3.17. The van der Waals surface area contributed by atoms with Crippen LogP contribution in [0.5, 0.6) is 0 Å². The van der Waals surface area contributed by atoms with Gasteiger partial charge in [0.25, 0.3) is 0 Å². The van der Waals surface area contributed by atoms with Gasteiger partial charge >= 0.3 is 5.97 Å². The summed E-state index contributed by atoms with van der Waals surface area (Å²) in [4.78, 5) is 16.1. The third-order valence-electron chi connectivity index (χ3n) is 2.51. The summed E-state index contributed by atoms with van der Waals surface area (Å²) in [6.45, 7) is 2.51. The van der Waals surface area contributed by atoms with Gasteiger partial charge < -0.3 is 15.8 Å². The molecule has 1 aromatic carbocycles. The van der Waals surface area contributed by atoms with Crippen LogP contribution in [0.1, 0.15) is 22.3 Å². The van der Waals surface area contributed by atoms with Crippen molar-refractivity contribution in [3.63, 3.8) is 0 Å². The summed E-state index contributed by atoms with van der Waals surface area (Å²) in [6, 6.07) is 3.14. The number of nitrogen functional groups attached to an aromatic ring is 1. The lowest BCUT2D eigenvalue weighted by atomic mass is 10.1. The van der Waals surface area contributed by atoms with Crippen molar-refractivity contribution in [3.8, 4) is 0 Å². The van der Waals surface area contributed by atoms with Gasteiger partial charge in [-0.05, 0) is 19.1 Å². The quantitative estimate of drug-likeness (QED) is 0.655. The molecule has 0 aliphatic heterocycles. The summed E-state index contributed by atoms with van der Waals surface area (Å²) in [6.07, 6.45) is 1.72. The van der Waals surface area contributed by atoms with Gasteiger partial charge in [-0.15, -0.1) is 11.3 Å². The highest BCUT2D eigenvalue weighted by atomic mass is 35.5. The van der Waals surface area contributed by atoms with E-state index < -0.39 is 5.97 Å². The second-order valence-corrected chi connectivity index (χ2v) is 5.31. The van der Waals surface area contributed by atoms with Crippen molar-refractivity contribution in [2.75, 3.05) is 17.7 Å². The Labute approximate surface area is 125 Å². The van der Waals surface area contributed by atoms with E-state index in [-0.39, 0.29) is 6.61 Å². The van der Waals surface area contributed by atoms with Gasteiger partial charge in [-0.25, -0.2) is 9.78 Å². The lowest BCUT2D eigenvalue weighted by molar-refractivity contribution is 0.0527. The molecule has 7 heteroatoms. The first-order valence-corrected chi connectivity index (χ1v) is 7.26. The van der Waals surface area contributed by atoms with Crippen molar-refractivity contribution in [2.24, 2.45) is 0 Å². The van der Waals surface area contributed by atoms with Crippen LogP contribution >= 0.6 is 22.9 Å². The molecule has 3 N–H and O–H groups in total. The molecule has 0 atom stereocenters. The third kappa shape index (κ3) is 3.40. The fourth-order valence-electron chi connectivity index (χ4n) is 1.68. The molecule has 2 aromatic rings. The largest absolute Gasteiger partial charge is 0.462 e. The number of benzene rings is 1. The zero-order valence-corrected chi connectivity index (χ0v) is 12.4. The number of halogens is 1. The molecule has 0 aliphatic carbocycles. The summed E-state index contributed by atoms with van der Waals surface area (Å²) >= 11 is 7.67. The van der Waals surface area contributed by atoms with Gasteiger partial charge in [0, 0.05) is 17.3 Å². The van der Waals surface area contributed by atoms with Gasteiger partial charge in [-0.2, -0.15) is 0 Å². The highest BCUT2D eigenvalue weighted by Crippen LogP contribution is 2.30. The Bertz CT molecular complexity index is 602. The fraction of sp³-hybridized carbons (Fsp3) is 0.231. The number of nitrogens with zero attached hydrogens (tertiary/aromatic N) is 1. The number of carbonyl (C=O) groups excluding carboxylic acids is 1. The van der Waals surface area contributed by atoms with E-state index in [1.54, 1.807) is 25.3 Å². The number of aromatic nitrogens is 1. The Morgan fingerprint density at radius 1 is 1.55 bits per heavy atom. The van der Waals surface area contributed by atoms with Gasteiger partial charge in [-0.3, -0.25) is 0 Å². The third-order valence-corrected chi connectivity index (χ3v) is 3.59. The first kappa shape index (κ1) is 14.6. The number of hydrogen-bond donors (Lipinski definition) is 2. The van der Waals surface area contributed by atoms with Gasteiger partial charge in [0.2, 0.25) is 0 Å². The van der Waals surface area contributed by atoms with Gasteiger partial charge in [-0.1, -0.05) is 11.6 Å². The van der Waals surface area contributed by atoms with Crippen LogP contribution < -0.4 is 11.1 Å². The summed E-state index contributed by atoms with van der Waals surface area (Å²) in [5, 5.41) is 6.27. The Morgan fingerprint density at radius 3 is 3.00 bits per heavy atom. The van der Waals surface area contributed by atoms with Crippen LogP contribution in [0.2, 0.25) is 5.02 Å². The van der Waals surface area contributed by atoms with Crippen LogP contribution in [-0.2, 0) is 11.3 Å².